The zero-order valence-corrected chi connectivity index (χ0v) is 13.0. The van der Waals surface area contributed by atoms with Crippen molar-refractivity contribution in [3.63, 3.8) is 0 Å². The number of benzene rings is 1. The second-order valence-corrected chi connectivity index (χ2v) is 6.78. The highest BCUT2D eigenvalue weighted by molar-refractivity contribution is 7.14. The summed E-state index contributed by atoms with van der Waals surface area (Å²) in [4.78, 5) is 14.4. The van der Waals surface area contributed by atoms with Crippen LogP contribution < -0.4 is 10.5 Å². The van der Waals surface area contributed by atoms with E-state index in [-0.39, 0.29) is 11.2 Å². The monoisotopic (exact) mass is 289 g/mol. The molecule has 1 heterocycles. The fourth-order valence-corrected chi connectivity index (χ4v) is 2.88. The molecule has 0 saturated carbocycles. The minimum Gasteiger partial charge on any atom is -0.495 e. The number of ketones is 1. The van der Waals surface area contributed by atoms with E-state index in [1.54, 1.807) is 25.3 Å². The maximum absolute atomic E-state index is 12.5. The predicted molar refractivity (Wildman–Crippen MR) is 83.9 cm³/mol. The van der Waals surface area contributed by atoms with E-state index in [1.807, 2.05) is 12.1 Å². The molecule has 2 N–H and O–H groups in total. The molecule has 0 unspecified atom stereocenters. The molecule has 2 aromatic rings. The predicted octanol–water partition coefficient (Wildman–Crippen LogP) is 3.87. The number of rotatable bonds is 3. The number of anilines is 1. The van der Waals surface area contributed by atoms with E-state index in [1.165, 1.54) is 16.2 Å². The number of nitrogen functional groups attached to an aromatic ring is 1. The number of hydrogen-bond donors (Lipinski definition) is 1. The van der Waals surface area contributed by atoms with Gasteiger partial charge in [0.15, 0.2) is 0 Å². The lowest BCUT2D eigenvalue weighted by molar-refractivity contribution is 0.104. The third-order valence-electron chi connectivity index (χ3n) is 3.06. The molecule has 0 spiro atoms. The Balaban J connectivity index is 2.34. The molecule has 1 aromatic carbocycles. The van der Waals surface area contributed by atoms with Crippen molar-refractivity contribution in [2.45, 2.75) is 26.2 Å². The van der Waals surface area contributed by atoms with Gasteiger partial charge in [0.05, 0.1) is 17.7 Å². The summed E-state index contributed by atoms with van der Waals surface area (Å²) in [5.74, 6) is 0.534. The molecule has 0 aliphatic carbocycles. The first-order valence-electron chi connectivity index (χ1n) is 6.41. The normalized spacial score (nSPS) is 11.4. The fourth-order valence-electron chi connectivity index (χ4n) is 1.86. The Morgan fingerprint density at radius 1 is 1.20 bits per heavy atom. The zero-order valence-electron chi connectivity index (χ0n) is 12.2. The summed E-state index contributed by atoms with van der Waals surface area (Å²) >= 11 is 1.54. The van der Waals surface area contributed by atoms with Crippen LogP contribution in [0.3, 0.4) is 0 Å². The molecule has 0 atom stereocenters. The molecule has 1 aromatic heterocycles. The highest BCUT2D eigenvalue weighted by Crippen LogP contribution is 2.31. The van der Waals surface area contributed by atoms with Gasteiger partial charge in [-0.05, 0) is 35.7 Å². The molecular formula is C16H19NO2S. The number of carbonyl (C=O) groups is 1. The van der Waals surface area contributed by atoms with Crippen molar-refractivity contribution in [1.29, 1.82) is 0 Å². The smallest absolute Gasteiger partial charge is 0.203 e. The molecule has 20 heavy (non-hydrogen) atoms. The van der Waals surface area contributed by atoms with Crippen molar-refractivity contribution in [2.24, 2.45) is 0 Å². The Bertz CT molecular complexity index is 638. The minimum atomic E-state index is 0.00352. The largest absolute Gasteiger partial charge is 0.495 e. The molecule has 0 saturated heterocycles. The summed E-state index contributed by atoms with van der Waals surface area (Å²) in [5.41, 5.74) is 6.95. The van der Waals surface area contributed by atoms with Crippen LogP contribution in [0.25, 0.3) is 0 Å². The minimum absolute atomic E-state index is 0.00352. The van der Waals surface area contributed by atoms with E-state index in [0.717, 1.165) is 4.88 Å². The number of ether oxygens (including phenoxy) is 1. The third kappa shape index (κ3) is 2.85. The van der Waals surface area contributed by atoms with E-state index >= 15 is 0 Å². The van der Waals surface area contributed by atoms with Crippen LogP contribution in [-0.4, -0.2) is 12.9 Å². The summed E-state index contributed by atoms with van der Waals surface area (Å²) in [6.45, 7) is 6.41. The number of nitrogens with two attached hydrogens (primary N) is 1. The van der Waals surface area contributed by atoms with Gasteiger partial charge in [-0.3, -0.25) is 4.79 Å². The van der Waals surface area contributed by atoms with Gasteiger partial charge in [-0.25, -0.2) is 0 Å². The van der Waals surface area contributed by atoms with Crippen molar-refractivity contribution in [1.82, 2.24) is 0 Å². The Labute approximate surface area is 123 Å². The van der Waals surface area contributed by atoms with Crippen LogP contribution >= 0.6 is 11.3 Å². The molecule has 4 heteroatoms. The van der Waals surface area contributed by atoms with Gasteiger partial charge in [-0.15, -0.1) is 11.3 Å². The average molecular weight is 289 g/mol. The first-order valence-corrected chi connectivity index (χ1v) is 7.23. The summed E-state index contributed by atoms with van der Waals surface area (Å²) < 4.78 is 5.16. The quantitative estimate of drug-likeness (QED) is 0.689. The molecule has 106 valence electrons. The molecule has 0 radical (unpaired) electrons. The summed E-state index contributed by atoms with van der Waals surface area (Å²) in [5, 5.41) is 0. The number of thiophene rings is 1. The van der Waals surface area contributed by atoms with Crippen molar-refractivity contribution in [3.05, 3.63) is 45.6 Å². The Morgan fingerprint density at radius 2 is 1.90 bits per heavy atom. The van der Waals surface area contributed by atoms with Gasteiger partial charge in [0, 0.05) is 10.4 Å². The average Bonchev–Trinajstić information content (AvgIpc) is 2.88. The lowest BCUT2D eigenvalue weighted by Crippen LogP contribution is -2.08. The second kappa shape index (κ2) is 5.29. The topological polar surface area (TPSA) is 52.3 Å². The molecule has 0 aliphatic heterocycles. The van der Waals surface area contributed by atoms with Gasteiger partial charge in [-0.2, -0.15) is 0 Å². The number of methoxy groups -OCH3 is 1. The van der Waals surface area contributed by atoms with Crippen molar-refractivity contribution < 1.29 is 9.53 Å². The maximum atomic E-state index is 12.5. The summed E-state index contributed by atoms with van der Waals surface area (Å²) in [6.07, 6.45) is 0. The highest BCUT2D eigenvalue weighted by atomic mass is 32.1. The number of hydrogen-bond acceptors (Lipinski definition) is 4. The van der Waals surface area contributed by atoms with Crippen molar-refractivity contribution >= 4 is 22.8 Å². The van der Waals surface area contributed by atoms with Gasteiger partial charge in [0.1, 0.15) is 5.75 Å². The van der Waals surface area contributed by atoms with Crippen LogP contribution in [0.5, 0.6) is 5.75 Å². The van der Waals surface area contributed by atoms with E-state index in [4.69, 9.17) is 10.5 Å². The van der Waals surface area contributed by atoms with Gasteiger partial charge in [-0.1, -0.05) is 20.8 Å². The SMILES string of the molecule is COc1cc(C(=O)c2ccc(C(C)(C)C)s2)ccc1N. The van der Waals surface area contributed by atoms with Gasteiger partial charge >= 0.3 is 0 Å². The first kappa shape index (κ1) is 14.6. The highest BCUT2D eigenvalue weighted by Gasteiger charge is 2.19. The molecule has 0 fully saturated rings. The van der Waals surface area contributed by atoms with E-state index in [0.29, 0.717) is 17.0 Å². The van der Waals surface area contributed by atoms with Gasteiger partial charge in [0.25, 0.3) is 0 Å². The fraction of sp³-hybridized carbons (Fsp3) is 0.312. The van der Waals surface area contributed by atoms with Crippen LogP contribution in [0.4, 0.5) is 5.69 Å². The molecule has 0 amide bonds. The van der Waals surface area contributed by atoms with Crippen LogP contribution in [0.1, 0.15) is 40.9 Å². The van der Waals surface area contributed by atoms with E-state index in [2.05, 4.69) is 20.8 Å². The first-order chi connectivity index (χ1) is 9.32. The van der Waals surface area contributed by atoms with E-state index in [9.17, 15) is 4.79 Å². The summed E-state index contributed by atoms with van der Waals surface area (Å²) in [6, 6.07) is 9.03. The molecule has 0 aliphatic rings. The van der Waals surface area contributed by atoms with Crippen LogP contribution in [0, 0.1) is 0 Å². The maximum Gasteiger partial charge on any atom is 0.203 e. The second-order valence-electron chi connectivity index (χ2n) is 5.70. The van der Waals surface area contributed by atoms with Gasteiger partial charge < -0.3 is 10.5 Å². The Morgan fingerprint density at radius 3 is 2.45 bits per heavy atom. The Hall–Kier alpha value is -1.81. The summed E-state index contributed by atoms with van der Waals surface area (Å²) in [7, 11) is 1.54. The lowest BCUT2D eigenvalue weighted by atomic mass is 9.95. The van der Waals surface area contributed by atoms with Crippen LogP contribution in [0.2, 0.25) is 0 Å². The lowest BCUT2D eigenvalue weighted by Gasteiger charge is -2.15. The van der Waals surface area contributed by atoms with Crippen molar-refractivity contribution in [3.8, 4) is 5.75 Å². The molecular weight excluding hydrogens is 270 g/mol. The number of carbonyl (C=O) groups excluding carboxylic acids is 1. The van der Waals surface area contributed by atoms with Crippen molar-refractivity contribution in [2.75, 3.05) is 12.8 Å². The zero-order chi connectivity index (χ0) is 14.9. The van der Waals surface area contributed by atoms with Crippen LogP contribution in [-0.2, 0) is 5.41 Å². The molecule has 2 rings (SSSR count). The molecule has 3 nitrogen and oxygen atoms in total. The molecule has 0 bridgehead atoms. The van der Waals surface area contributed by atoms with E-state index < -0.39 is 0 Å². The Kier molecular flexibility index (Phi) is 3.86. The van der Waals surface area contributed by atoms with Crippen LogP contribution in [0.15, 0.2) is 30.3 Å². The third-order valence-corrected chi connectivity index (χ3v) is 4.57. The van der Waals surface area contributed by atoms with Gasteiger partial charge in [0.2, 0.25) is 5.78 Å². The standard InChI is InChI=1S/C16H19NO2S/c1-16(2,3)14-8-7-13(20-14)15(18)10-5-6-11(17)12(9-10)19-4/h5-9H,17H2,1-4H3.